The van der Waals surface area contributed by atoms with E-state index in [1.54, 1.807) is 31.2 Å². The number of hydrogen-bond acceptors (Lipinski definition) is 6. The third-order valence-electron chi connectivity index (χ3n) is 8.38. The number of anilines is 2. The molecular formula is C32H23N3O5. The van der Waals surface area contributed by atoms with E-state index in [2.05, 4.69) is 0 Å². The smallest absolute Gasteiger partial charge is 0.271 e. The summed E-state index contributed by atoms with van der Waals surface area (Å²) >= 11 is 0. The molecule has 3 aliphatic rings. The number of benzene rings is 4. The van der Waals surface area contributed by atoms with Gasteiger partial charge in [0.1, 0.15) is 6.04 Å². The molecular weight excluding hydrogens is 506 g/mol. The van der Waals surface area contributed by atoms with Crippen molar-refractivity contribution in [2.75, 3.05) is 9.80 Å². The van der Waals surface area contributed by atoms with Crippen LogP contribution in [0.2, 0.25) is 0 Å². The lowest BCUT2D eigenvalue weighted by molar-refractivity contribution is -0.384. The molecule has 196 valence electrons. The molecule has 3 heterocycles. The Labute approximate surface area is 229 Å². The highest BCUT2D eigenvalue weighted by Crippen LogP contribution is 2.51. The van der Waals surface area contributed by atoms with Crippen molar-refractivity contribution in [3.63, 3.8) is 0 Å². The number of nitro groups is 1. The first-order valence-corrected chi connectivity index (χ1v) is 13.1. The van der Waals surface area contributed by atoms with Gasteiger partial charge in [0.25, 0.3) is 5.69 Å². The quantitative estimate of drug-likeness (QED) is 0.153. The second-order valence-electron chi connectivity index (χ2n) is 10.4. The van der Waals surface area contributed by atoms with Gasteiger partial charge in [-0.3, -0.25) is 24.5 Å². The van der Waals surface area contributed by atoms with Gasteiger partial charge in [-0.25, -0.2) is 4.90 Å². The number of hydrogen-bond donors (Lipinski definition) is 0. The predicted molar refractivity (Wildman–Crippen MR) is 151 cm³/mol. The van der Waals surface area contributed by atoms with Crippen molar-refractivity contribution in [1.82, 2.24) is 0 Å². The van der Waals surface area contributed by atoms with Crippen LogP contribution in [0.4, 0.5) is 17.1 Å². The van der Waals surface area contributed by atoms with E-state index in [0.717, 1.165) is 26.9 Å². The maximum Gasteiger partial charge on any atom is 0.271 e. The van der Waals surface area contributed by atoms with Gasteiger partial charge in [0.2, 0.25) is 11.8 Å². The Balaban J connectivity index is 1.40. The van der Waals surface area contributed by atoms with E-state index in [9.17, 15) is 24.5 Å². The Morgan fingerprint density at radius 1 is 0.850 bits per heavy atom. The van der Waals surface area contributed by atoms with Crippen LogP contribution in [0.5, 0.6) is 0 Å². The van der Waals surface area contributed by atoms with E-state index in [0.29, 0.717) is 11.1 Å². The summed E-state index contributed by atoms with van der Waals surface area (Å²) < 4.78 is 0. The van der Waals surface area contributed by atoms with Crippen LogP contribution in [-0.2, 0) is 9.59 Å². The first kappa shape index (κ1) is 24.0. The van der Waals surface area contributed by atoms with E-state index >= 15 is 0 Å². The number of carbonyl (C=O) groups excluding carboxylic acids is 3. The Morgan fingerprint density at radius 3 is 2.35 bits per heavy atom. The van der Waals surface area contributed by atoms with Crippen molar-refractivity contribution in [3.8, 4) is 0 Å². The van der Waals surface area contributed by atoms with E-state index in [1.165, 1.54) is 18.2 Å². The third kappa shape index (κ3) is 3.29. The second kappa shape index (κ2) is 8.71. The molecule has 8 nitrogen and oxygen atoms in total. The fourth-order valence-corrected chi connectivity index (χ4v) is 6.59. The lowest BCUT2D eigenvalue weighted by Crippen LogP contribution is -2.49. The minimum atomic E-state index is -0.953. The number of nitrogens with zero attached hydrogens (tertiary/aromatic N) is 3. The molecule has 40 heavy (non-hydrogen) atoms. The SMILES string of the molecule is Cc1ccc([N+](=O)[O-])cc1N1C(=O)[C@@H]2[C@H](C1=O)[C@H](C(=O)c1ccccc1)N1c3ccc4ccccc4c3C=C[C@H]21. The summed E-state index contributed by atoms with van der Waals surface area (Å²) in [4.78, 5) is 56.4. The van der Waals surface area contributed by atoms with Crippen molar-refractivity contribution in [2.24, 2.45) is 11.8 Å². The maximum atomic E-state index is 14.2. The van der Waals surface area contributed by atoms with Crippen molar-refractivity contribution in [2.45, 2.75) is 19.0 Å². The molecule has 0 bridgehead atoms. The number of fused-ring (bicyclic) bond motifs is 7. The number of nitro benzene ring substituents is 1. The molecule has 4 aromatic rings. The number of amides is 2. The van der Waals surface area contributed by atoms with E-state index in [-0.39, 0.29) is 17.2 Å². The molecule has 0 aliphatic carbocycles. The Bertz CT molecular complexity index is 1800. The molecule has 4 aromatic carbocycles. The van der Waals surface area contributed by atoms with E-state index < -0.39 is 40.7 Å². The van der Waals surface area contributed by atoms with Gasteiger partial charge in [-0.15, -0.1) is 0 Å². The van der Waals surface area contributed by atoms with Crippen molar-refractivity contribution in [1.29, 1.82) is 0 Å². The molecule has 3 aliphatic heterocycles. The molecule has 0 radical (unpaired) electrons. The Morgan fingerprint density at radius 2 is 1.57 bits per heavy atom. The first-order valence-electron chi connectivity index (χ1n) is 13.1. The Hall–Kier alpha value is -5.11. The van der Waals surface area contributed by atoms with Gasteiger partial charge in [0.05, 0.1) is 28.5 Å². The summed E-state index contributed by atoms with van der Waals surface area (Å²) in [6, 6.07) is 23.4. The monoisotopic (exact) mass is 529 g/mol. The molecule has 4 atom stereocenters. The van der Waals surface area contributed by atoms with Crippen LogP contribution in [0.25, 0.3) is 16.8 Å². The van der Waals surface area contributed by atoms with Crippen LogP contribution in [0.1, 0.15) is 21.5 Å². The fraction of sp³-hybridized carbons (Fsp3) is 0.156. The Kier molecular flexibility index (Phi) is 5.22. The molecule has 0 aromatic heterocycles. The highest BCUT2D eigenvalue weighted by atomic mass is 16.6. The van der Waals surface area contributed by atoms with Gasteiger partial charge >= 0.3 is 0 Å². The summed E-state index contributed by atoms with van der Waals surface area (Å²) in [5, 5.41) is 13.6. The summed E-state index contributed by atoms with van der Waals surface area (Å²) in [5.41, 5.74) is 2.72. The van der Waals surface area contributed by atoms with Gasteiger partial charge in [-0.1, -0.05) is 78.9 Å². The topological polar surface area (TPSA) is 101 Å². The van der Waals surface area contributed by atoms with Crippen molar-refractivity contribution >= 4 is 51.5 Å². The predicted octanol–water partition coefficient (Wildman–Crippen LogP) is 5.33. The molecule has 0 unspecified atom stereocenters. The summed E-state index contributed by atoms with van der Waals surface area (Å²) in [6.07, 6.45) is 3.89. The number of carbonyl (C=O) groups is 3. The van der Waals surface area contributed by atoms with E-state index in [1.807, 2.05) is 59.5 Å². The van der Waals surface area contributed by atoms with Gasteiger partial charge < -0.3 is 4.90 Å². The van der Waals surface area contributed by atoms with Crippen LogP contribution in [0.15, 0.2) is 91.0 Å². The zero-order chi connectivity index (χ0) is 27.7. The molecule has 2 saturated heterocycles. The number of rotatable bonds is 4. The standard InChI is InChI=1S/C32H23N3O5/c1-18-11-13-21(35(39)40)17-26(18)34-31(37)27-25-16-14-23-22-10-6-5-7-19(22)12-15-24(23)33(25)29(28(27)32(34)38)30(36)20-8-3-2-4-9-20/h2-17,25,27-29H,1H3/t25-,27+,28+,29-/m1/s1. The van der Waals surface area contributed by atoms with Gasteiger partial charge in [0.15, 0.2) is 5.78 Å². The molecule has 2 amide bonds. The van der Waals surface area contributed by atoms with E-state index in [4.69, 9.17) is 0 Å². The normalized spacial score (nSPS) is 22.8. The molecule has 0 saturated carbocycles. The van der Waals surface area contributed by atoms with Gasteiger partial charge in [-0.05, 0) is 29.3 Å². The van der Waals surface area contributed by atoms with Crippen LogP contribution in [0, 0.1) is 28.9 Å². The van der Waals surface area contributed by atoms with Gasteiger partial charge in [-0.2, -0.15) is 0 Å². The zero-order valence-electron chi connectivity index (χ0n) is 21.4. The molecule has 0 spiro atoms. The summed E-state index contributed by atoms with van der Waals surface area (Å²) in [6.45, 7) is 1.70. The maximum absolute atomic E-state index is 14.2. The van der Waals surface area contributed by atoms with Crippen LogP contribution in [-0.4, -0.2) is 34.6 Å². The highest BCUT2D eigenvalue weighted by molar-refractivity contribution is 6.26. The highest BCUT2D eigenvalue weighted by Gasteiger charge is 2.64. The largest absolute Gasteiger partial charge is 0.352 e. The molecule has 7 rings (SSSR count). The number of imide groups is 1. The average molecular weight is 530 g/mol. The summed E-state index contributed by atoms with van der Waals surface area (Å²) in [5.74, 6) is -2.99. The zero-order valence-corrected chi connectivity index (χ0v) is 21.4. The third-order valence-corrected chi connectivity index (χ3v) is 8.38. The number of non-ortho nitro benzene ring substituents is 1. The van der Waals surface area contributed by atoms with Crippen LogP contribution >= 0.6 is 0 Å². The number of ketones is 1. The lowest BCUT2D eigenvalue weighted by atomic mass is 9.86. The van der Waals surface area contributed by atoms with Crippen LogP contribution in [0.3, 0.4) is 0 Å². The fourth-order valence-electron chi connectivity index (χ4n) is 6.59. The lowest BCUT2D eigenvalue weighted by Gasteiger charge is -2.37. The minimum absolute atomic E-state index is 0.183. The summed E-state index contributed by atoms with van der Waals surface area (Å²) in [7, 11) is 0. The number of aryl methyl sites for hydroxylation is 1. The van der Waals surface area contributed by atoms with Crippen molar-refractivity contribution < 1.29 is 19.3 Å². The minimum Gasteiger partial charge on any atom is -0.352 e. The van der Waals surface area contributed by atoms with Crippen molar-refractivity contribution in [3.05, 3.63) is 118 Å². The van der Waals surface area contributed by atoms with Gasteiger partial charge in [0, 0.05) is 28.9 Å². The number of Topliss-reactive ketones (excluding diaryl/α,β-unsaturated/α-hetero) is 1. The van der Waals surface area contributed by atoms with Crippen LogP contribution < -0.4 is 9.80 Å². The molecule has 0 N–H and O–H groups in total. The molecule has 8 heteroatoms. The first-order chi connectivity index (χ1) is 19.4. The second-order valence-corrected chi connectivity index (χ2v) is 10.4. The molecule has 2 fully saturated rings. The average Bonchev–Trinajstić information content (AvgIpc) is 3.45.